The van der Waals surface area contributed by atoms with Gasteiger partial charge in [-0.25, -0.2) is 21.1 Å². The van der Waals surface area contributed by atoms with E-state index >= 15 is 0 Å². The van der Waals surface area contributed by atoms with E-state index in [1.165, 1.54) is 16.6 Å². The largest absolute Gasteiger partial charge is 0.303 e. The molecule has 0 unspecified atom stereocenters. The Morgan fingerprint density at radius 3 is 2.29 bits per heavy atom. The van der Waals surface area contributed by atoms with Crippen molar-refractivity contribution in [1.82, 2.24) is 9.21 Å². The van der Waals surface area contributed by atoms with Crippen molar-refractivity contribution in [1.29, 1.82) is 0 Å². The number of halogens is 3. The highest BCUT2D eigenvalue weighted by Gasteiger charge is 2.46. The van der Waals surface area contributed by atoms with Crippen LogP contribution in [-0.2, 0) is 25.5 Å². The van der Waals surface area contributed by atoms with Crippen LogP contribution in [0.2, 0.25) is 15.1 Å². The first-order valence-electron chi connectivity index (χ1n) is 13.8. The summed E-state index contributed by atoms with van der Waals surface area (Å²) in [6.07, 6.45) is 3.66. The third-order valence-electron chi connectivity index (χ3n) is 8.59. The van der Waals surface area contributed by atoms with E-state index in [0.717, 1.165) is 49.3 Å². The zero-order valence-corrected chi connectivity index (χ0v) is 27.4. The molecule has 1 fully saturated rings. The van der Waals surface area contributed by atoms with Crippen LogP contribution < -0.4 is 4.31 Å². The van der Waals surface area contributed by atoms with Gasteiger partial charge in [-0.1, -0.05) is 65.1 Å². The number of piperidine rings is 1. The van der Waals surface area contributed by atoms with E-state index in [-0.39, 0.29) is 22.8 Å². The van der Waals surface area contributed by atoms with Gasteiger partial charge >= 0.3 is 0 Å². The maximum atomic E-state index is 13.4. The SMILES string of the molecule is CN(C[C@@H](CCN1CCC2(CC1)CN(S(C)(=O)=O)c1ccccc12)c1ccc(Cl)c(Cl)c1)S(=O)(=O)c1cccc(Cl)c1. The lowest BCUT2D eigenvalue weighted by Crippen LogP contribution is -2.46. The third kappa shape index (κ3) is 6.48. The highest BCUT2D eigenvalue weighted by atomic mass is 35.5. The predicted octanol–water partition coefficient (Wildman–Crippen LogP) is 6.25. The molecule has 0 saturated carbocycles. The van der Waals surface area contributed by atoms with Gasteiger partial charge in [0.2, 0.25) is 20.0 Å². The molecule has 2 aliphatic heterocycles. The van der Waals surface area contributed by atoms with Crippen molar-refractivity contribution in [2.75, 3.05) is 50.3 Å². The second-order valence-electron chi connectivity index (χ2n) is 11.3. The normalized spacial score (nSPS) is 18.0. The number of hydrogen-bond acceptors (Lipinski definition) is 5. The summed E-state index contributed by atoms with van der Waals surface area (Å²) in [6, 6.07) is 19.6. The number of para-hydroxylation sites is 1. The Morgan fingerprint density at radius 1 is 0.905 bits per heavy atom. The van der Waals surface area contributed by atoms with Crippen LogP contribution in [-0.4, -0.2) is 72.1 Å². The minimum Gasteiger partial charge on any atom is -0.303 e. The van der Waals surface area contributed by atoms with Gasteiger partial charge in [-0.2, -0.15) is 0 Å². The molecule has 0 N–H and O–H groups in total. The Morgan fingerprint density at radius 2 is 1.62 bits per heavy atom. The number of sulfonamides is 2. The third-order valence-corrected chi connectivity index (χ3v) is 12.5. The van der Waals surface area contributed by atoms with E-state index in [1.54, 1.807) is 35.6 Å². The van der Waals surface area contributed by atoms with Gasteiger partial charge in [0, 0.05) is 30.6 Å². The second kappa shape index (κ2) is 12.3. The zero-order chi connectivity index (χ0) is 30.3. The average Bonchev–Trinajstić information content (AvgIpc) is 3.28. The molecular weight excluding hydrogens is 637 g/mol. The molecule has 3 aromatic carbocycles. The summed E-state index contributed by atoms with van der Waals surface area (Å²) in [6.45, 7) is 3.11. The average molecular weight is 671 g/mol. The van der Waals surface area contributed by atoms with Gasteiger partial charge in [-0.15, -0.1) is 0 Å². The topological polar surface area (TPSA) is 78.0 Å². The highest BCUT2D eigenvalue weighted by Crippen LogP contribution is 2.48. The molecule has 0 bridgehead atoms. The molecule has 0 radical (unpaired) electrons. The number of hydrogen-bond donors (Lipinski definition) is 0. The zero-order valence-electron chi connectivity index (χ0n) is 23.5. The number of likely N-dealkylation sites (tertiary alicyclic amines) is 1. The van der Waals surface area contributed by atoms with Crippen LogP contribution in [0.1, 0.15) is 36.3 Å². The molecule has 7 nitrogen and oxygen atoms in total. The van der Waals surface area contributed by atoms with Gasteiger partial charge in [0.1, 0.15) is 0 Å². The molecule has 42 heavy (non-hydrogen) atoms. The van der Waals surface area contributed by atoms with Gasteiger partial charge in [-0.05, 0) is 92.3 Å². The van der Waals surface area contributed by atoms with Crippen molar-refractivity contribution < 1.29 is 16.8 Å². The smallest absolute Gasteiger partial charge is 0.242 e. The summed E-state index contributed by atoms with van der Waals surface area (Å²) in [4.78, 5) is 2.53. The molecule has 226 valence electrons. The second-order valence-corrected chi connectivity index (χ2v) is 16.5. The molecule has 12 heteroatoms. The quantitative estimate of drug-likeness (QED) is 0.269. The fourth-order valence-electron chi connectivity index (χ4n) is 6.20. The molecule has 3 aromatic rings. The number of rotatable bonds is 9. The molecule has 1 saturated heterocycles. The summed E-state index contributed by atoms with van der Waals surface area (Å²) in [5.41, 5.74) is 2.61. The van der Waals surface area contributed by atoms with Crippen molar-refractivity contribution in [3.8, 4) is 0 Å². The van der Waals surface area contributed by atoms with Crippen molar-refractivity contribution in [3.05, 3.63) is 92.9 Å². The Bertz CT molecular complexity index is 1680. The maximum Gasteiger partial charge on any atom is 0.242 e. The first-order valence-corrected chi connectivity index (χ1v) is 18.2. The molecular formula is C30H34Cl3N3O4S2. The molecule has 1 spiro atoms. The Hall–Kier alpha value is -1.85. The lowest BCUT2D eigenvalue weighted by molar-refractivity contribution is 0.162. The summed E-state index contributed by atoms with van der Waals surface area (Å²) in [5.74, 6) is -0.137. The van der Waals surface area contributed by atoms with Crippen molar-refractivity contribution in [2.45, 2.75) is 35.5 Å². The van der Waals surface area contributed by atoms with Gasteiger partial charge in [0.15, 0.2) is 0 Å². The van der Waals surface area contributed by atoms with E-state index in [9.17, 15) is 16.8 Å². The standard InChI is InChI=1S/C30H34Cl3N3O4S2/c1-34(42(39,40)25-7-5-6-24(31)19-25)20-23(22-10-11-27(32)28(33)18-22)12-15-35-16-13-30(14-17-35)21-36(41(2,37)38)29-9-4-3-8-26(29)30/h3-11,18-19,23H,12-17,20-21H2,1-2H3/t23-/m1/s1. The maximum absolute atomic E-state index is 13.4. The van der Waals surface area contributed by atoms with Crippen molar-refractivity contribution >= 4 is 60.5 Å². The van der Waals surface area contributed by atoms with Gasteiger partial charge in [-0.3, -0.25) is 4.31 Å². The fraction of sp³-hybridized carbons (Fsp3) is 0.400. The number of fused-ring (bicyclic) bond motifs is 2. The molecule has 0 aromatic heterocycles. The molecule has 5 rings (SSSR count). The van der Waals surface area contributed by atoms with Gasteiger partial charge in [0.25, 0.3) is 0 Å². The van der Waals surface area contributed by atoms with Gasteiger partial charge < -0.3 is 4.90 Å². The summed E-state index contributed by atoms with van der Waals surface area (Å²) < 4.78 is 54.8. The van der Waals surface area contributed by atoms with Crippen LogP contribution in [0.15, 0.2) is 71.6 Å². The monoisotopic (exact) mass is 669 g/mol. The molecule has 1 atom stereocenters. The van der Waals surface area contributed by atoms with E-state index in [4.69, 9.17) is 34.8 Å². The molecule has 0 aliphatic carbocycles. The van der Waals surface area contributed by atoms with Gasteiger partial charge in [0.05, 0.1) is 26.9 Å². The van der Waals surface area contributed by atoms with E-state index in [2.05, 4.69) is 11.0 Å². The summed E-state index contributed by atoms with van der Waals surface area (Å²) in [7, 11) is -5.56. The van der Waals surface area contributed by atoms with Crippen LogP contribution in [0.5, 0.6) is 0 Å². The Balaban J connectivity index is 1.31. The van der Waals surface area contributed by atoms with E-state index < -0.39 is 20.0 Å². The molecule has 2 heterocycles. The highest BCUT2D eigenvalue weighted by molar-refractivity contribution is 7.92. The lowest BCUT2D eigenvalue weighted by Gasteiger charge is -2.40. The van der Waals surface area contributed by atoms with E-state index in [0.29, 0.717) is 28.0 Å². The van der Waals surface area contributed by atoms with E-state index in [1.807, 2.05) is 30.3 Å². The Labute approximate surface area is 264 Å². The first kappa shape index (κ1) is 31.6. The molecule has 2 aliphatic rings. The fourth-order valence-corrected chi connectivity index (χ4v) is 9.02. The Kier molecular flexibility index (Phi) is 9.22. The first-order chi connectivity index (χ1) is 19.8. The van der Waals surface area contributed by atoms with Crippen LogP contribution in [0.3, 0.4) is 0 Å². The van der Waals surface area contributed by atoms with Crippen LogP contribution in [0, 0.1) is 0 Å². The minimum atomic E-state index is -3.76. The van der Waals surface area contributed by atoms with Crippen LogP contribution in [0.25, 0.3) is 0 Å². The molecule has 0 amide bonds. The number of nitrogens with zero attached hydrogens (tertiary/aromatic N) is 3. The number of likely N-dealkylation sites (N-methyl/N-ethyl adjacent to an activating group) is 1. The lowest BCUT2D eigenvalue weighted by atomic mass is 9.74. The predicted molar refractivity (Wildman–Crippen MR) is 171 cm³/mol. The van der Waals surface area contributed by atoms with Crippen LogP contribution in [0.4, 0.5) is 5.69 Å². The number of benzene rings is 3. The van der Waals surface area contributed by atoms with Crippen molar-refractivity contribution in [2.24, 2.45) is 0 Å². The summed E-state index contributed by atoms with van der Waals surface area (Å²) in [5, 5.41) is 1.23. The van der Waals surface area contributed by atoms with Crippen LogP contribution >= 0.6 is 34.8 Å². The number of anilines is 1. The van der Waals surface area contributed by atoms with Crippen molar-refractivity contribution in [3.63, 3.8) is 0 Å². The summed E-state index contributed by atoms with van der Waals surface area (Å²) >= 11 is 18.6. The minimum absolute atomic E-state index is 0.137.